The summed E-state index contributed by atoms with van der Waals surface area (Å²) in [5.74, 6) is -3.40. The molecule has 1 aromatic carbocycles. The topological polar surface area (TPSA) is 104 Å². The Morgan fingerprint density at radius 2 is 1.76 bits per heavy atom. The molecule has 0 radical (unpaired) electrons. The normalized spacial score (nSPS) is 11.1. The fourth-order valence-corrected chi connectivity index (χ4v) is 1.42. The van der Waals surface area contributed by atoms with Crippen LogP contribution >= 0.6 is 0 Å². The van der Waals surface area contributed by atoms with Gasteiger partial charge in [0.25, 0.3) is 5.60 Å². The molecule has 0 aliphatic rings. The second-order valence-electron chi connectivity index (χ2n) is 3.45. The van der Waals surface area contributed by atoms with Crippen molar-refractivity contribution >= 4 is 11.9 Å². The van der Waals surface area contributed by atoms with E-state index in [-0.39, 0.29) is 11.3 Å². The van der Waals surface area contributed by atoms with Crippen molar-refractivity contribution in [1.82, 2.24) is 0 Å². The summed E-state index contributed by atoms with van der Waals surface area (Å²) in [5, 5.41) is 27.4. The second-order valence-corrected chi connectivity index (χ2v) is 3.45. The summed E-state index contributed by atoms with van der Waals surface area (Å²) in [4.78, 5) is 22.0. The van der Waals surface area contributed by atoms with Gasteiger partial charge in [-0.05, 0) is 11.6 Å². The molecule has 17 heavy (non-hydrogen) atoms. The van der Waals surface area contributed by atoms with Crippen LogP contribution in [0.3, 0.4) is 0 Å². The summed E-state index contributed by atoms with van der Waals surface area (Å²) in [5.41, 5.74) is -2.20. The van der Waals surface area contributed by atoms with Crippen molar-refractivity contribution in [2.24, 2.45) is 0 Å². The second kappa shape index (κ2) is 4.84. The number of carboxylic acid groups (broad SMARTS) is 2. The molecule has 0 atom stereocenters. The van der Waals surface area contributed by atoms with Crippen LogP contribution in [-0.2, 0) is 20.7 Å². The number of benzene rings is 1. The molecule has 0 saturated heterocycles. The van der Waals surface area contributed by atoms with Gasteiger partial charge in [0.15, 0.2) is 0 Å². The average molecular weight is 240 g/mol. The van der Waals surface area contributed by atoms with E-state index in [2.05, 4.69) is 4.74 Å². The smallest absolute Gasteiger partial charge is 0.348 e. The summed E-state index contributed by atoms with van der Waals surface area (Å²) in [7, 11) is 1.00. The van der Waals surface area contributed by atoms with Crippen molar-refractivity contribution < 1.29 is 29.6 Å². The molecule has 0 amide bonds. The number of phenolic OH excluding ortho intramolecular Hbond substituents is 1. The van der Waals surface area contributed by atoms with Crippen LogP contribution in [0.1, 0.15) is 5.56 Å². The van der Waals surface area contributed by atoms with E-state index in [4.69, 9.17) is 10.2 Å². The van der Waals surface area contributed by atoms with Gasteiger partial charge in [0.2, 0.25) is 0 Å². The monoisotopic (exact) mass is 240 g/mol. The fourth-order valence-electron chi connectivity index (χ4n) is 1.42. The van der Waals surface area contributed by atoms with Crippen LogP contribution in [0.4, 0.5) is 0 Å². The number of para-hydroxylation sites is 1. The molecule has 0 unspecified atom stereocenters. The molecule has 1 rings (SSSR count). The minimum absolute atomic E-state index is 0.170. The number of ether oxygens (including phenoxy) is 1. The van der Waals surface area contributed by atoms with E-state index < -0.39 is 24.0 Å². The van der Waals surface area contributed by atoms with Crippen LogP contribution in [0.25, 0.3) is 0 Å². The van der Waals surface area contributed by atoms with E-state index in [1.54, 1.807) is 12.1 Å². The van der Waals surface area contributed by atoms with Gasteiger partial charge in [0.05, 0.1) is 0 Å². The standard InChI is InChI=1S/C11H12O6/c1-17-11(9(13)14,10(15)16)6-7-4-2-3-5-8(7)12/h2-5,12H,6H2,1H3,(H,13,14)(H,15,16). The third kappa shape index (κ3) is 2.36. The van der Waals surface area contributed by atoms with Crippen molar-refractivity contribution in [3.8, 4) is 5.75 Å². The molecule has 0 spiro atoms. The molecule has 0 aromatic heterocycles. The largest absolute Gasteiger partial charge is 0.508 e. The van der Waals surface area contributed by atoms with Crippen LogP contribution in [0.5, 0.6) is 5.75 Å². The number of hydrogen-bond donors (Lipinski definition) is 3. The number of methoxy groups -OCH3 is 1. The van der Waals surface area contributed by atoms with Gasteiger partial charge in [0, 0.05) is 13.5 Å². The molecule has 0 aliphatic heterocycles. The Labute approximate surface area is 97.1 Å². The highest BCUT2D eigenvalue weighted by Crippen LogP contribution is 2.24. The molecular weight excluding hydrogens is 228 g/mol. The molecule has 6 heteroatoms. The number of carboxylic acids is 2. The Hall–Kier alpha value is -2.08. The van der Waals surface area contributed by atoms with E-state index in [0.717, 1.165) is 7.11 Å². The molecule has 6 nitrogen and oxygen atoms in total. The van der Waals surface area contributed by atoms with E-state index in [1.165, 1.54) is 12.1 Å². The van der Waals surface area contributed by atoms with E-state index >= 15 is 0 Å². The molecule has 1 aromatic rings. The maximum absolute atomic E-state index is 11.0. The van der Waals surface area contributed by atoms with Gasteiger partial charge < -0.3 is 20.1 Å². The molecule has 0 fully saturated rings. The molecule has 0 aliphatic carbocycles. The Morgan fingerprint density at radius 1 is 1.24 bits per heavy atom. The van der Waals surface area contributed by atoms with Crippen LogP contribution in [0.2, 0.25) is 0 Å². The number of carbonyl (C=O) groups is 2. The lowest BCUT2D eigenvalue weighted by Crippen LogP contribution is -2.50. The first-order valence-corrected chi connectivity index (χ1v) is 4.73. The Kier molecular flexibility index (Phi) is 3.69. The number of rotatable bonds is 5. The Morgan fingerprint density at radius 3 is 2.18 bits per heavy atom. The van der Waals surface area contributed by atoms with Gasteiger partial charge in [-0.1, -0.05) is 18.2 Å². The zero-order chi connectivity index (χ0) is 13.1. The van der Waals surface area contributed by atoms with E-state index in [0.29, 0.717) is 0 Å². The van der Waals surface area contributed by atoms with Gasteiger partial charge >= 0.3 is 11.9 Å². The number of hydrogen-bond acceptors (Lipinski definition) is 4. The predicted octanol–water partition coefficient (Wildman–Crippen LogP) is 0.489. The summed E-state index contributed by atoms with van der Waals surface area (Å²) in [6.45, 7) is 0. The summed E-state index contributed by atoms with van der Waals surface area (Å²) >= 11 is 0. The SMILES string of the molecule is COC(Cc1ccccc1O)(C(=O)O)C(=O)O. The van der Waals surface area contributed by atoms with Crippen LogP contribution < -0.4 is 0 Å². The van der Waals surface area contributed by atoms with Gasteiger partial charge in [-0.3, -0.25) is 0 Å². The van der Waals surface area contributed by atoms with Gasteiger partial charge in [-0.15, -0.1) is 0 Å². The highest BCUT2D eigenvalue weighted by atomic mass is 16.5. The minimum Gasteiger partial charge on any atom is -0.508 e. The lowest BCUT2D eigenvalue weighted by Gasteiger charge is -2.23. The first kappa shape index (κ1) is 13.0. The van der Waals surface area contributed by atoms with Crippen molar-refractivity contribution in [1.29, 1.82) is 0 Å². The zero-order valence-electron chi connectivity index (χ0n) is 9.08. The number of phenols is 1. The molecule has 0 saturated carbocycles. The Balaban J connectivity index is 3.15. The lowest BCUT2D eigenvalue weighted by atomic mass is 9.94. The maximum atomic E-state index is 11.0. The van der Waals surface area contributed by atoms with Crippen LogP contribution in [0.15, 0.2) is 24.3 Å². The molecule has 3 N–H and O–H groups in total. The lowest BCUT2D eigenvalue weighted by molar-refractivity contribution is -0.179. The minimum atomic E-state index is -2.39. The quantitative estimate of drug-likeness (QED) is 0.647. The first-order valence-electron chi connectivity index (χ1n) is 4.73. The predicted molar refractivity (Wildman–Crippen MR) is 56.8 cm³/mol. The van der Waals surface area contributed by atoms with Gasteiger partial charge in [-0.2, -0.15) is 0 Å². The van der Waals surface area contributed by atoms with Crippen molar-refractivity contribution in [2.45, 2.75) is 12.0 Å². The third-order valence-corrected chi connectivity index (χ3v) is 2.47. The molecular formula is C11H12O6. The zero-order valence-corrected chi connectivity index (χ0v) is 9.08. The van der Waals surface area contributed by atoms with Crippen molar-refractivity contribution in [3.63, 3.8) is 0 Å². The third-order valence-electron chi connectivity index (χ3n) is 2.47. The van der Waals surface area contributed by atoms with Gasteiger partial charge in [0.1, 0.15) is 5.75 Å². The van der Waals surface area contributed by atoms with Crippen LogP contribution in [-0.4, -0.2) is 40.0 Å². The molecule has 0 heterocycles. The van der Waals surface area contributed by atoms with Crippen molar-refractivity contribution in [3.05, 3.63) is 29.8 Å². The maximum Gasteiger partial charge on any atom is 0.348 e. The fraction of sp³-hybridized carbons (Fsp3) is 0.273. The van der Waals surface area contributed by atoms with E-state index in [9.17, 15) is 14.7 Å². The Bertz CT molecular complexity index is 425. The van der Waals surface area contributed by atoms with E-state index in [1.807, 2.05) is 0 Å². The summed E-state index contributed by atoms with van der Waals surface area (Å²) < 4.78 is 4.61. The highest BCUT2D eigenvalue weighted by Gasteiger charge is 2.47. The number of aliphatic carboxylic acids is 2. The first-order chi connectivity index (χ1) is 7.94. The summed E-state index contributed by atoms with van der Waals surface area (Å²) in [6, 6.07) is 5.91. The average Bonchev–Trinajstić information content (AvgIpc) is 2.27. The van der Waals surface area contributed by atoms with Crippen LogP contribution in [0, 0.1) is 0 Å². The van der Waals surface area contributed by atoms with Crippen molar-refractivity contribution in [2.75, 3.05) is 7.11 Å². The highest BCUT2D eigenvalue weighted by molar-refractivity contribution is 6.02. The number of aromatic hydroxyl groups is 1. The molecule has 0 bridgehead atoms. The van der Waals surface area contributed by atoms with Gasteiger partial charge in [-0.25, -0.2) is 9.59 Å². The molecule has 92 valence electrons. The summed E-state index contributed by atoms with van der Waals surface area (Å²) in [6.07, 6.45) is -0.458.